The van der Waals surface area contributed by atoms with Crippen molar-refractivity contribution in [3.8, 4) is 0 Å². The second kappa shape index (κ2) is 6.14. The SMILES string of the molecule is CC(=O)N1CCCC(CNC(=O)N2CC(=O)N(C3CC3)C2)C1. The highest BCUT2D eigenvalue weighted by molar-refractivity contribution is 5.87. The third-order valence-corrected chi connectivity index (χ3v) is 4.75. The minimum absolute atomic E-state index is 0.0538. The number of piperidine rings is 1. The van der Waals surface area contributed by atoms with E-state index in [1.807, 2.05) is 4.90 Å². The van der Waals surface area contributed by atoms with Gasteiger partial charge in [-0.1, -0.05) is 0 Å². The number of rotatable bonds is 3. The van der Waals surface area contributed by atoms with Crippen LogP contribution in [-0.4, -0.2) is 71.4 Å². The molecule has 7 heteroatoms. The van der Waals surface area contributed by atoms with E-state index in [1.165, 1.54) is 0 Å². The highest BCUT2D eigenvalue weighted by atomic mass is 16.2. The average molecular weight is 308 g/mol. The molecule has 4 amide bonds. The molecule has 1 aliphatic carbocycles. The van der Waals surface area contributed by atoms with E-state index in [0.717, 1.165) is 32.2 Å². The average Bonchev–Trinajstić information content (AvgIpc) is 3.27. The van der Waals surface area contributed by atoms with Crippen LogP contribution < -0.4 is 5.32 Å². The fourth-order valence-electron chi connectivity index (χ4n) is 3.27. The quantitative estimate of drug-likeness (QED) is 0.810. The van der Waals surface area contributed by atoms with Crippen molar-refractivity contribution in [1.29, 1.82) is 0 Å². The van der Waals surface area contributed by atoms with Gasteiger partial charge in [-0.3, -0.25) is 14.5 Å². The molecule has 1 atom stereocenters. The van der Waals surface area contributed by atoms with Crippen LogP contribution in [-0.2, 0) is 9.59 Å². The summed E-state index contributed by atoms with van der Waals surface area (Å²) in [4.78, 5) is 40.7. The third kappa shape index (κ3) is 3.34. The van der Waals surface area contributed by atoms with Crippen molar-refractivity contribution >= 4 is 17.8 Å². The molecule has 3 aliphatic rings. The van der Waals surface area contributed by atoms with Crippen molar-refractivity contribution in [3.05, 3.63) is 0 Å². The van der Waals surface area contributed by atoms with E-state index in [-0.39, 0.29) is 24.4 Å². The number of nitrogens with zero attached hydrogens (tertiary/aromatic N) is 3. The van der Waals surface area contributed by atoms with Crippen LogP contribution in [0.2, 0.25) is 0 Å². The van der Waals surface area contributed by atoms with Gasteiger partial charge in [-0.15, -0.1) is 0 Å². The number of carbonyl (C=O) groups is 3. The summed E-state index contributed by atoms with van der Waals surface area (Å²) in [7, 11) is 0. The Bertz CT molecular complexity index is 477. The van der Waals surface area contributed by atoms with E-state index >= 15 is 0 Å². The Balaban J connectivity index is 1.44. The van der Waals surface area contributed by atoms with E-state index in [1.54, 1.807) is 16.7 Å². The lowest BCUT2D eigenvalue weighted by molar-refractivity contribution is -0.130. The Morgan fingerprint density at radius 3 is 2.68 bits per heavy atom. The maximum atomic E-state index is 12.2. The Morgan fingerprint density at radius 1 is 1.23 bits per heavy atom. The van der Waals surface area contributed by atoms with Gasteiger partial charge in [0.1, 0.15) is 6.54 Å². The normalized spacial score (nSPS) is 25.6. The van der Waals surface area contributed by atoms with Gasteiger partial charge >= 0.3 is 6.03 Å². The molecule has 122 valence electrons. The fraction of sp³-hybridized carbons (Fsp3) is 0.800. The molecule has 2 heterocycles. The summed E-state index contributed by atoms with van der Waals surface area (Å²) in [5.41, 5.74) is 0. The van der Waals surface area contributed by atoms with E-state index in [9.17, 15) is 14.4 Å². The molecule has 2 aliphatic heterocycles. The molecule has 0 radical (unpaired) electrons. The van der Waals surface area contributed by atoms with Crippen LogP contribution in [0.25, 0.3) is 0 Å². The molecule has 0 aromatic rings. The summed E-state index contributed by atoms with van der Waals surface area (Å²) in [6.07, 6.45) is 4.13. The van der Waals surface area contributed by atoms with Gasteiger partial charge in [-0.2, -0.15) is 0 Å². The number of nitrogens with one attached hydrogen (secondary N) is 1. The number of hydrogen-bond acceptors (Lipinski definition) is 3. The molecule has 0 aromatic heterocycles. The number of amides is 4. The van der Waals surface area contributed by atoms with Gasteiger partial charge in [-0.05, 0) is 31.6 Å². The van der Waals surface area contributed by atoms with Gasteiger partial charge in [0.15, 0.2) is 0 Å². The Kier molecular flexibility index (Phi) is 4.22. The number of hydrogen-bond donors (Lipinski definition) is 1. The zero-order valence-corrected chi connectivity index (χ0v) is 13.1. The molecule has 7 nitrogen and oxygen atoms in total. The lowest BCUT2D eigenvalue weighted by atomic mass is 9.98. The van der Waals surface area contributed by atoms with Crippen molar-refractivity contribution in [2.24, 2.45) is 5.92 Å². The molecule has 3 rings (SSSR count). The first kappa shape index (κ1) is 15.1. The van der Waals surface area contributed by atoms with Gasteiger partial charge in [0.25, 0.3) is 0 Å². The lowest BCUT2D eigenvalue weighted by Gasteiger charge is -2.32. The Hall–Kier alpha value is -1.79. The van der Waals surface area contributed by atoms with Crippen LogP contribution in [0.5, 0.6) is 0 Å². The maximum Gasteiger partial charge on any atom is 0.319 e. The predicted molar refractivity (Wildman–Crippen MR) is 79.8 cm³/mol. The second-order valence-electron chi connectivity index (χ2n) is 6.59. The van der Waals surface area contributed by atoms with Crippen molar-refractivity contribution in [2.75, 3.05) is 32.8 Å². The van der Waals surface area contributed by atoms with Crippen molar-refractivity contribution in [1.82, 2.24) is 20.0 Å². The zero-order valence-electron chi connectivity index (χ0n) is 13.1. The molecule has 3 fully saturated rings. The number of urea groups is 1. The van der Waals surface area contributed by atoms with Gasteiger partial charge in [0.05, 0.1) is 6.67 Å². The molecule has 0 bridgehead atoms. The highest BCUT2D eigenvalue weighted by Gasteiger charge is 2.39. The van der Waals surface area contributed by atoms with Crippen LogP contribution in [0.1, 0.15) is 32.6 Å². The molecule has 0 aromatic carbocycles. The molecular weight excluding hydrogens is 284 g/mol. The molecule has 0 spiro atoms. The predicted octanol–water partition coefficient (Wildman–Crippen LogP) is 0.219. The van der Waals surface area contributed by atoms with E-state index in [0.29, 0.717) is 31.7 Å². The monoisotopic (exact) mass is 308 g/mol. The summed E-state index contributed by atoms with van der Waals surface area (Å²) in [6.45, 7) is 4.28. The maximum absolute atomic E-state index is 12.2. The minimum atomic E-state index is -0.170. The van der Waals surface area contributed by atoms with Gasteiger partial charge < -0.3 is 15.1 Å². The zero-order chi connectivity index (χ0) is 15.7. The lowest BCUT2D eigenvalue weighted by Crippen LogP contribution is -2.46. The van der Waals surface area contributed by atoms with E-state index < -0.39 is 0 Å². The first-order valence-corrected chi connectivity index (χ1v) is 8.12. The Morgan fingerprint density at radius 2 is 2.00 bits per heavy atom. The van der Waals surface area contributed by atoms with Gasteiger partial charge in [-0.25, -0.2) is 4.79 Å². The molecule has 22 heavy (non-hydrogen) atoms. The smallest absolute Gasteiger partial charge is 0.319 e. The first-order chi connectivity index (χ1) is 10.5. The number of carbonyl (C=O) groups excluding carboxylic acids is 3. The van der Waals surface area contributed by atoms with Crippen LogP contribution in [0, 0.1) is 5.92 Å². The highest BCUT2D eigenvalue weighted by Crippen LogP contribution is 2.29. The van der Waals surface area contributed by atoms with E-state index in [2.05, 4.69) is 5.32 Å². The van der Waals surface area contributed by atoms with Crippen LogP contribution in [0.4, 0.5) is 4.79 Å². The third-order valence-electron chi connectivity index (χ3n) is 4.75. The fourth-order valence-corrected chi connectivity index (χ4v) is 3.27. The molecular formula is C15H24N4O3. The van der Waals surface area contributed by atoms with Gasteiger partial charge in [0.2, 0.25) is 11.8 Å². The van der Waals surface area contributed by atoms with Crippen LogP contribution >= 0.6 is 0 Å². The molecule has 1 unspecified atom stereocenters. The van der Waals surface area contributed by atoms with Crippen LogP contribution in [0.3, 0.4) is 0 Å². The standard InChI is InChI=1S/C15H24N4O3/c1-11(20)17-6-2-3-12(8-17)7-16-15(22)18-9-14(21)19(10-18)13-4-5-13/h12-13H,2-10H2,1H3,(H,16,22). The molecule has 2 saturated heterocycles. The summed E-state index contributed by atoms with van der Waals surface area (Å²) in [5.74, 6) is 0.457. The summed E-state index contributed by atoms with van der Waals surface area (Å²) < 4.78 is 0. The van der Waals surface area contributed by atoms with Crippen LogP contribution in [0.15, 0.2) is 0 Å². The minimum Gasteiger partial charge on any atom is -0.343 e. The topological polar surface area (TPSA) is 73.0 Å². The Labute approximate surface area is 130 Å². The van der Waals surface area contributed by atoms with E-state index in [4.69, 9.17) is 0 Å². The van der Waals surface area contributed by atoms with Crippen molar-refractivity contribution in [2.45, 2.75) is 38.6 Å². The van der Waals surface area contributed by atoms with Crippen molar-refractivity contribution < 1.29 is 14.4 Å². The summed E-state index contributed by atoms with van der Waals surface area (Å²) in [5, 5.41) is 2.92. The molecule has 1 N–H and O–H groups in total. The number of likely N-dealkylation sites (tertiary alicyclic amines) is 1. The second-order valence-corrected chi connectivity index (χ2v) is 6.59. The van der Waals surface area contributed by atoms with Crippen molar-refractivity contribution in [3.63, 3.8) is 0 Å². The summed E-state index contributed by atoms with van der Waals surface area (Å²) >= 11 is 0. The first-order valence-electron chi connectivity index (χ1n) is 8.12. The molecule has 1 saturated carbocycles. The largest absolute Gasteiger partial charge is 0.343 e. The summed E-state index contributed by atoms with van der Waals surface area (Å²) in [6, 6.07) is 0.184. The van der Waals surface area contributed by atoms with Gasteiger partial charge in [0, 0.05) is 32.6 Å².